The van der Waals surface area contributed by atoms with E-state index in [1.807, 2.05) is 104 Å². The van der Waals surface area contributed by atoms with E-state index >= 15 is 0 Å². The summed E-state index contributed by atoms with van der Waals surface area (Å²) in [5.74, 6) is 0.167. The maximum absolute atomic E-state index is 13.2. The molecular weight excluding hydrogens is 422 g/mol. The SMILES string of the molecule is CC(C)(C(=O)N1CCN(CCC(=O)Nc2ccccc2-c2ccccc2)CC1)c1ccccc1. The minimum Gasteiger partial charge on any atom is -0.339 e. The molecule has 1 saturated heterocycles. The molecule has 3 aromatic carbocycles. The molecule has 3 aromatic rings. The molecule has 0 aliphatic carbocycles. The minimum absolute atomic E-state index is 0.00657. The van der Waals surface area contributed by atoms with Crippen molar-refractivity contribution in [3.63, 3.8) is 0 Å². The van der Waals surface area contributed by atoms with Gasteiger partial charge in [0, 0.05) is 50.4 Å². The fourth-order valence-corrected chi connectivity index (χ4v) is 4.48. The van der Waals surface area contributed by atoms with Crippen molar-refractivity contribution in [3.05, 3.63) is 90.5 Å². The minimum atomic E-state index is -0.546. The molecule has 0 saturated carbocycles. The number of anilines is 1. The lowest BCUT2D eigenvalue weighted by Gasteiger charge is -2.38. The molecule has 1 heterocycles. The van der Waals surface area contributed by atoms with Gasteiger partial charge in [-0.2, -0.15) is 0 Å². The van der Waals surface area contributed by atoms with Crippen LogP contribution < -0.4 is 5.32 Å². The van der Waals surface area contributed by atoms with Gasteiger partial charge in [-0.25, -0.2) is 0 Å². The molecular formula is C29H33N3O2. The molecule has 0 aromatic heterocycles. The summed E-state index contributed by atoms with van der Waals surface area (Å²) in [4.78, 5) is 30.1. The molecule has 1 fully saturated rings. The molecule has 0 radical (unpaired) electrons. The molecule has 0 spiro atoms. The van der Waals surface area contributed by atoms with Gasteiger partial charge in [-0.1, -0.05) is 78.9 Å². The zero-order chi connectivity index (χ0) is 24.0. The van der Waals surface area contributed by atoms with Crippen LogP contribution in [0.15, 0.2) is 84.9 Å². The normalized spacial score (nSPS) is 14.6. The van der Waals surface area contributed by atoms with Crippen molar-refractivity contribution in [3.8, 4) is 11.1 Å². The fraction of sp³-hybridized carbons (Fsp3) is 0.310. The van der Waals surface area contributed by atoms with E-state index in [0.717, 1.165) is 35.5 Å². The number of nitrogens with zero attached hydrogens (tertiary/aromatic N) is 2. The van der Waals surface area contributed by atoms with Gasteiger partial charge in [0.25, 0.3) is 0 Å². The van der Waals surface area contributed by atoms with Crippen molar-refractivity contribution in [2.24, 2.45) is 0 Å². The highest BCUT2D eigenvalue weighted by atomic mass is 16.2. The molecule has 0 unspecified atom stereocenters. The summed E-state index contributed by atoms with van der Waals surface area (Å²) in [6.07, 6.45) is 0.423. The molecule has 1 aliphatic rings. The number of hydrogen-bond donors (Lipinski definition) is 1. The number of rotatable bonds is 7. The summed E-state index contributed by atoms with van der Waals surface area (Å²) in [6.45, 7) is 7.61. The summed E-state index contributed by atoms with van der Waals surface area (Å²) in [5, 5.41) is 3.08. The van der Waals surface area contributed by atoms with E-state index < -0.39 is 5.41 Å². The Labute approximate surface area is 202 Å². The van der Waals surface area contributed by atoms with Gasteiger partial charge in [0.1, 0.15) is 0 Å². The Kier molecular flexibility index (Phi) is 7.43. The van der Waals surface area contributed by atoms with Crippen LogP contribution in [0.3, 0.4) is 0 Å². The van der Waals surface area contributed by atoms with Crippen LogP contribution in [-0.2, 0) is 15.0 Å². The summed E-state index contributed by atoms with van der Waals surface area (Å²) < 4.78 is 0. The Morgan fingerprint density at radius 2 is 1.38 bits per heavy atom. The third kappa shape index (κ3) is 5.54. The first-order chi connectivity index (χ1) is 16.4. The molecule has 5 heteroatoms. The Morgan fingerprint density at radius 1 is 0.794 bits per heavy atom. The van der Waals surface area contributed by atoms with Crippen molar-refractivity contribution in [1.82, 2.24) is 9.80 Å². The molecule has 4 rings (SSSR count). The van der Waals surface area contributed by atoms with Gasteiger partial charge in [-0.15, -0.1) is 0 Å². The quantitative estimate of drug-likeness (QED) is 0.557. The van der Waals surface area contributed by atoms with E-state index in [-0.39, 0.29) is 11.8 Å². The summed E-state index contributed by atoms with van der Waals surface area (Å²) >= 11 is 0. The van der Waals surface area contributed by atoms with Crippen LogP contribution in [0.5, 0.6) is 0 Å². The Bertz CT molecular complexity index is 1100. The molecule has 2 amide bonds. The van der Waals surface area contributed by atoms with Crippen molar-refractivity contribution < 1.29 is 9.59 Å². The van der Waals surface area contributed by atoms with Gasteiger partial charge in [0.2, 0.25) is 11.8 Å². The predicted molar refractivity (Wildman–Crippen MR) is 138 cm³/mol. The van der Waals surface area contributed by atoms with Gasteiger partial charge in [0.05, 0.1) is 5.41 Å². The van der Waals surface area contributed by atoms with Crippen LogP contribution in [0, 0.1) is 0 Å². The summed E-state index contributed by atoms with van der Waals surface area (Å²) in [6, 6.07) is 27.9. The Hall–Kier alpha value is -3.44. The molecule has 5 nitrogen and oxygen atoms in total. The number of nitrogens with one attached hydrogen (secondary N) is 1. The molecule has 1 N–H and O–H groups in total. The third-order valence-corrected chi connectivity index (χ3v) is 6.63. The standard InChI is InChI=1S/C29H33N3O2/c1-29(2,24-13-7-4-8-14-24)28(34)32-21-19-31(20-22-32)18-17-27(33)30-26-16-10-9-15-25(26)23-11-5-3-6-12-23/h3-16H,17-22H2,1-2H3,(H,30,33). The Morgan fingerprint density at radius 3 is 2.06 bits per heavy atom. The lowest BCUT2D eigenvalue weighted by molar-refractivity contribution is -0.138. The summed E-state index contributed by atoms with van der Waals surface area (Å²) in [7, 11) is 0. The topological polar surface area (TPSA) is 52.7 Å². The van der Waals surface area contributed by atoms with E-state index in [2.05, 4.69) is 10.2 Å². The number of para-hydroxylation sites is 1. The number of benzene rings is 3. The zero-order valence-corrected chi connectivity index (χ0v) is 20.0. The largest absolute Gasteiger partial charge is 0.339 e. The molecule has 0 atom stereocenters. The van der Waals surface area contributed by atoms with Crippen molar-refractivity contribution >= 4 is 17.5 Å². The second kappa shape index (κ2) is 10.7. The van der Waals surface area contributed by atoms with E-state index in [1.54, 1.807) is 0 Å². The van der Waals surface area contributed by atoms with Crippen LogP contribution in [0.1, 0.15) is 25.8 Å². The highest BCUT2D eigenvalue weighted by Gasteiger charge is 2.35. The second-order valence-corrected chi connectivity index (χ2v) is 9.33. The van der Waals surface area contributed by atoms with Gasteiger partial charge in [-0.3, -0.25) is 14.5 Å². The lowest BCUT2D eigenvalue weighted by atomic mass is 9.83. The van der Waals surface area contributed by atoms with Crippen molar-refractivity contribution in [1.29, 1.82) is 0 Å². The number of amides is 2. The van der Waals surface area contributed by atoms with Crippen LogP contribution in [0.2, 0.25) is 0 Å². The first-order valence-corrected chi connectivity index (χ1v) is 12.0. The number of carbonyl (C=O) groups is 2. The molecule has 1 aliphatic heterocycles. The van der Waals surface area contributed by atoms with E-state index in [4.69, 9.17) is 0 Å². The average Bonchev–Trinajstić information content (AvgIpc) is 2.89. The number of carbonyl (C=O) groups excluding carboxylic acids is 2. The first kappa shape index (κ1) is 23.7. The van der Waals surface area contributed by atoms with Crippen LogP contribution in [0.25, 0.3) is 11.1 Å². The predicted octanol–water partition coefficient (Wildman–Crippen LogP) is 4.80. The van der Waals surface area contributed by atoms with Crippen molar-refractivity contribution in [2.75, 3.05) is 38.0 Å². The smallest absolute Gasteiger partial charge is 0.232 e. The van der Waals surface area contributed by atoms with Crippen LogP contribution in [-0.4, -0.2) is 54.3 Å². The van der Waals surface area contributed by atoms with E-state index in [9.17, 15) is 9.59 Å². The van der Waals surface area contributed by atoms with E-state index in [0.29, 0.717) is 26.1 Å². The van der Waals surface area contributed by atoms with Gasteiger partial charge in [-0.05, 0) is 31.0 Å². The highest BCUT2D eigenvalue weighted by molar-refractivity contribution is 5.95. The molecule has 0 bridgehead atoms. The third-order valence-electron chi connectivity index (χ3n) is 6.63. The fourth-order valence-electron chi connectivity index (χ4n) is 4.48. The molecule has 34 heavy (non-hydrogen) atoms. The monoisotopic (exact) mass is 455 g/mol. The zero-order valence-electron chi connectivity index (χ0n) is 20.0. The average molecular weight is 456 g/mol. The maximum Gasteiger partial charge on any atom is 0.232 e. The van der Waals surface area contributed by atoms with Crippen LogP contribution >= 0.6 is 0 Å². The second-order valence-electron chi connectivity index (χ2n) is 9.33. The van der Waals surface area contributed by atoms with E-state index in [1.165, 1.54) is 0 Å². The summed E-state index contributed by atoms with van der Waals surface area (Å²) in [5.41, 5.74) is 3.42. The first-order valence-electron chi connectivity index (χ1n) is 12.0. The van der Waals surface area contributed by atoms with Crippen LogP contribution in [0.4, 0.5) is 5.69 Å². The molecule has 176 valence electrons. The highest BCUT2D eigenvalue weighted by Crippen LogP contribution is 2.28. The van der Waals surface area contributed by atoms with Gasteiger partial charge in [0.15, 0.2) is 0 Å². The number of hydrogen-bond acceptors (Lipinski definition) is 3. The Balaban J connectivity index is 1.27. The van der Waals surface area contributed by atoms with Gasteiger partial charge >= 0.3 is 0 Å². The lowest BCUT2D eigenvalue weighted by Crippen LogP contribution is -2.53. The maximum atomic E-state index is 13.2. The number of piperazine rings is 1. The van der Waals surface area contributed by atoms with Gasteiger partial charge < -0.3 is 10.2 Å². The van der Waals surface area contributed by atoms with Crippen molar-refractivity contribution in [2.45, 2.75) is 25.7 Å².